The Morgan fingerprint density at radius 1 is 1.24 bits per heavy atom. The lowest BCUT2D eigenvalue weighted by Crippen LogP contribution is -2.35. The molecule has 34 heavy (non-hydrogen) atoms. The van der Waals surface area contributed by atoms with Crippen molar-refractivity contribution in [2.24, 2.45) is 7.05 Å². The molecule has 1 saturated heterocycles. The van der Waals surface area contributed by atoms with Crippen LogP contribution in [-0.2, 0) is 13.5 Å². The highest BCUT2D eigenvalue weighted by atomic mass is 35.5. The Morgan fingerprint density at radius 2 is 1.91 bits per heavy atom. The average molecular weight is 485 g/mol. The summed E-state index contributed by atoms with van der Waals surface area (Å²) in [6.45, 7) is 1.76. The molecule has 2 heterocycles. The molecule has 0 radical (unpaired) electrons. The van der Waals surface area contributed by atoms with Crippen LogP contribution in [0, 0.1) is 0 Å². The molecule has 3 aromatic rings. The summed E-state index contributed by atoms with van der Waals surface area (Å²) in [5.41, 5.74) is 2.52. The van der Waals surface area contributed by atoms with Crippen LogP contribution in [0.2, 0.25) is 5.02 Å². The highest BCUT2D eigenvalue weighted by molar-refractivity contribution is 6.30. The van der Waals surface area contributed by atoms with Gasteiger partial charge in [-0.05, 0) is 61.6 Å². The number of aromatic nitrogens is 2. The zero-order valence-electron chi connectivity index (χ0n) is 19.4. The Labute approximate surface area is 203 Å². The number of carbonyl (C=O) groups excluding carboxylic acids is 1. The molecule has 0 saturated carbocycles. The molecule has 0 aliphatic carbocycles. The molecule has 4 atom stereocenters. The number of amides is 1. The molecule has 2 aromatic carbocycles. The number of hydrogen-bond acceptors (Lipinski definition) is 6. The molecule has 1 aromatic heterocycles. The second kappa shape index (κ2) is 10.1. The van der Waals surface area contributed by atoms with E-state index in [1.54, 1.807) is 26.1 Å². The van der Waals surface area contributed by atoms with Crippen molar-refractivity contribution in [3.05, 3.63) is 86.7 Å². The summed E-state index contributed by atoms with van der Waals surface area (Å²) >= 11 is 5.95. The molecule has 1 amide bonds. The van der Waals surface area contributed by atoms with Crippen LogP contribution in [0.5, 0.6) is 0 Å². The number of carbonyl (C=O) groups is 1. The maximum absolute atomic E-state index is 12.9. The Hall–Kier alpha value is -2.94. The summed E-state index contributed by atoms with van der Waals surface area (Å²) < 4.78 is 6.21. The lowest BCUT2D eigenvalue weighted by Gasteiger charge is -2.22. The van der Waals surface area contributed by atoms with E-state index >= 15 is 0 Å². The smallest absolute Gasteiger partial charge is 0.390 e. The van der Waals surface area contributed by atoms with Gasteiger partial charge in [0.1, 0.15) is 6.04 Å². The number of benzene rings is 2. The Bertz CT molecular complexity index is 1190. The molecular weight excluding hydrogens is 456 g/mol. The van der Waals surface area contributed by atoms with E-state index < -0.39 is 17.9 Å². The molecule has 1 aliphatic rings. The molecule has 180 valence electrons. The second-order valence-corrected chi connectivity index (χ2v) is 9.30. The van der Waals surface area contributed by atoms with Gasteiger partial charge in [0.05, 0.1) is 6.10 Å². The summed E-state index contributed by atoms with van der Waals surface area (Å²) in [6.07, 6.45) is 2.08. The number of hydrogen-bond donors (Lipinski definition) is 2. The van der Waals surface area contributed by atoms with E-state index in [1.165, 1.54) is 11.9 Å². The van der Waals surface area contributed by atoms with Crippen LogP contribution in [0.15, 0.2) is 57.7 Å². The highest BCUT2D eigenvalue weighted by Crippen LogP contribution is 2.28. The predicted octanol–water partition coefficient (Wildman–Crippen LogP) is 3.26. The minimum Gasteiger partial charge on any atom is -0.390 e. The van der Waals surface area contributed by atoms with Crippen molar-refractivity contribution in [2.75, 3.05) is 7.05 Å². The molecule has 1 aliphatic heterocycles. The summed E-state index contributed by atoms with van der Waals surface area (Å²) in [5, 5.41) is 18.9. The van der Waals surface area contributed by atoms with Crippen LogP contribution in [-0.4, -0.2) is 44.8 Å². The largest absolute Gasteiger partial charge is 0.436 e. The normalized spacial score (nSPS) is 19.7. The van der Waals surface area contributed by atoms with E-state index in [4.69, 9.17) is 16.0 Å². The van der Waals surface area contributed by atoms with E-state index in [0.717, 1.165) is 35.1 Å². The number of aryl methyl sites for hydroxylation is 1. The number of nitrogens with zero attached hydrogens (tertiary/aromatic N) is 3. The Balaban J connectivity index is 1.34. The van der Waals surface area contributed by atoms with Gasteiger partial charge in [0, 0.05) is 36.8 Å². The predicted molar refractivity (Wildman–Crippen MR) is 129 cm³/mol. The molecule has 8 nitrogen and oxygen atoms in total. The van der Waals surface area contributed by atoms with E-state index in [2.05, 4.69) is 10.4 Å². The first-order chi connectivity index (χ1) is 16.2. The molecular formula is C25H29ClN4O4. The van der Waals surface area contributed by atoms with Crippen LogP contribution in [0.1, 0.15) is 59.3 Å². The molecule has 1 unspecified atom stereocenters. The standard InChI is InChI=1S/C25H29ClN4O4/c1-15(23-28-30(3)25(33)34-23)29(2)24(32)18-6-4-16(5-7-18)14-20-12-13-21(27-20)22(31)17-8-10-19(26)11-9-17/h4-11,15,20-22,27,31H,12-14H2,1-3H3/t15-,20+,21-,22?/m1/s1. The molecule has 9 heteroatoms. The van der Waals surface area contributed by atoms with Crippen molar-refractivity contribution >= 4 is 17.5 Å². The van der Waals surface area contributed by atoms with E-state index in [-0.39, 0.29) is 23.9 Å². The molecule has 0 bridgehead atoms. The SMILES string of the molecule is C[C@H](c1nn(C)c(=O)o1)N(C)C(=O)c1ccc(C[C@@H]2CC[C@H](C(O)c3ccc(Cl)cc3)N2)cc1. The van der Waals surface area contributed by atoms with Gasteiger partial charge in [-0.15, -0.1) is 5.10 Å². The first-order valence-corrected chi connectivity index (χ1v) is 11.7. The first-order valence-electron chi connectivity index (χ1n) is 11.3. The van der Waals surface area contributed by atoms with Gasteiger partial charge in [0.2, 0.25) is 5.89 Å². The van der Waals surface area contributed by atoms with Crippen LogP contribution < -0.4 is 11.1 Å². The van der Waals surface area contributed by atoms with Gasteiger partial charge in [0.25, 0.3) is 5.91 Å². The lowest BCUT2D eigenvalue weighted by atomic mass is 10.0. The minimum atomic E-state index is -0.580. The maximum atomic E-state index is 12.9. The van der Waals surface area contributed by atoms with Gasteiger partial charge in [-0.1, -0.05) is 35.9 Å². The van der Waals surface area contributed by atoms with Gasteiger partial charge >= 0.3 is 5.76 Å². The Morgan fingerprint density at radius 3 is 2.53 bits per heavy atom. The second-order valence-electron chi connectivity index (χ2n) is 8.87. The third-order valence-corrected chi connectivity index (χ3v) is 6.77. The molecule has 1 fully saturated rings. The molecule has 0 spiro atoms. The fourth-order valence-electron chi connectivity index (χ4n) is 4.30. The number of nitrogens with one attached hydrogen (secondary N) is 1. The van der Waals surface area contributed by atoms with Gasteiger partial charge in [-0.25, -0.2) is 4.79 Å². The maximum Gasteiger partial charge on any atom is 0.436 e. The van der Waals surface area contributed by atoms with Crippen molar-refractivity contribution in [3.8, 4) is 0 Å². The van der Waals surface area contributed by atoms with E-state index in [9.17, 15) is 14.7 Å². The quantitative estimate of drug-likeness (QED) is 0.534. The highest BCUT2D eigenvalue weighted by Gasteiger charge is 2.30. The summed E-state index contributed by atoms with van der Waals surface area (Å²) in [5.74, 6) is -0.546. The molecule has 2 N–H and O–H groups in total. The third-order valence-electron chi connectivity index (χ3n) is 6.51. The topological polar surface area (TPSA) is 101 Å². The van der Waals surface area contributed by atoms with Crippen LogP contribution in [0.4, 0.5) is 0 Å². The fourth-order valence-corrected chi connectivity index (χ4v) is 4.42. The van der Waals surface area contributed by atoms with Crippen LogP contribution in [0.3, 0.4) is 0 Å². The van der Waals surface area contributed by atoms with Crippen molar-refractivity contribution in [1.82, 2.24) is 20.0 Å². The number of halogens is 1. The summed E-state index contributed by atoms with van der Waals surface area (Å²) in [6, 6.07) is 14.6. The zero-order chi connectivity index (χ0) is 24.4. The van der Waals surface area contributed by atoms with Crippen molar-refractivity contribution < 1.29 is 14.3 Å². The van der Waals surface area contributed by atoms with Gasteiger partial charge in [-0.3, -0.25) is 4.79 Å². The van der Waals surface area contributed by atoms with Crippen LogP contribution in [0.25, 0.3) is 0 Å². The van der Waals surface area contributed by atoms with E-state index in [1.807, 2.05) is 36.4 Å². The van der Waals surface area contributed by atoms with E-state index in [0.29, 0.717) is 10.6 Å². The minimum absolute atomic E-state index is 0.00573. The van der Waals surface area contributed by atoms with Crippen LogP contribution >= 0.6 is 11.6 Å². The number of aliphatic hydroxyl groups excluding tert-OH is 1. The summed E-state index contributed by atoms with van der Waals surface area (Å²) in [4.78, 5) is 25.9. The van der Waals surface area contributed by atoms with Crippen molar-refractivity contribution in [1.29, 1.82) is 0 Å². The molecule has 4 rings (SSSR count). The van der Waals surface area contributed by atoms with Gasteiger partial charge in [-0.2, -0.15) is 4.68 Å². The third kappa shape index (κ3) is 5.24. The average Bonchev–Trinajstić information content (AvgIpc) is 3.44. The number of rotatable bonds is 7. The van der Waals surface area contributed by atoms with Gasteiger partial charge in [0.15, 0.2) is 0 Å². The monoisotopic (exact) mass is 484 g/mol. The summed E-state index contributed by atoms with van der Waals surface area (Å²) in [7, 11) is 3.16. The first kappa shape index (κ1) is 24.2. The lowest BCUT2D eigenvalue weighted by molar-refractivity contribution is 0.0720. The van der Waals surface area contributed by atoms with Crippen molar-refractivity contribution in [2.45, 2.75) is 50.4 Å². The Kier molecular flexibility index (Phi) is 7.21. The zero-order valence-corrected chi connectivity index (χ0v) is 20.2. The van der Waals surface area contributed by atoms with Gasteiger partial charge < -0.3 is 19.7 Å². The van der Waals surface area contributed by atoms with Crippen molar-refractivity contribution in [3.63, 3.8) is 0 Å². The number of aliphatic hydroxyl groups is 1. The fraction of sp³-hybridized carbons (Fsp3) is 0.400.